The normalized spacial score (nSPS) is 8.33. The number of hydrogen-bond donors (Lipinski definition) is 0. The fraction of sp³-hybridized carbons (Fsp3) is 0.600. The Morgan fingerprint density at radius 2 is 2.33 bits per heavy atom. The number of unbranched alkanes of at least 4 members (excludes halogenated alkanes) is 1. The summed E-state index contributed by atoms with van der Waals surface area (Å²) in [6.07, 6.45) is 4.60. The molecule has 0 heterocycles. The van der Waals surface area contributed by atoms with Crippen molar-refractivity contribution in [3.05, 3.63) is 12.7 Å². The van der Waals surface area contributed by atoms with Crippen LogP contribution in [-0.2, 0) is 26.1 Å². The summed E-state index contributed by atoms with van der Waals surface area (Å²) in [5, 5.41) is 0. The molecular weight excluding hydrogens is 261 g/mol. The van der Waals surface area contributed by atoms with Gasteiger partial charge in [-0.25, -0.2) is 0 Å². The molecule has 0 aliphatic rings. The third-order valence-corrected chi connectivity index (χ3v) is 2.60. The molecule has 0 aliphatic heterocycles. The van der Waals surface area contributed by atoms with Gasteiger partial charge in [-0.2, -0.15) is 0 Å². The molecule has 1 heteroatoms. The quantitative estimate of drug-likeness (QED) is 0.417. The maximum atomic E-state index is 3.62. The van der Waals surface area contributed by atoms with E-state index in [0.717, 1.165) is 26.1 Å². The summed E-state index contributed by atoms with van der Waals surface area (Å²) >= 11 is 1.02. The first-order valence-electron chi connectivity index (χ1n) is 2.32. The van der Waals surface area contributed by atoms with E-state index in [4.69, 9.17) is 0 Å². The van der Waals surface area contributed by atoms with E-state index in [0.29, 0.717) is 0 Å². The Hall–Kier alpha value is 0.675. The van der Waals surface area contributed by atoms with E-state index in [1.807, 2.05) is 6.08 Å². The molecule has 6 heavy (non-hydrogen) atoms. The monoisotopic (exact) mass is 271 g/mol. The van der Waals surface area contributed by atoms with Crippen molar-refractivity contribution in [1.82, 2.24) is 0 Å². The van der Waals surface area contributed by atoms with Crippen LogP contribution in [0.15, 0.2) is 12.7 Å². The third-order valence-electron chi connectivity index (χ3n) is 0.658. The summed E-state index contributed by atoms with van der Waals surface area (Å²) in [5.41, 5.74) is 0. The van der Waals surface area contributed by atoms with Crippen molar-refractivity contribution >= 4 is 0 Å². The topological polar surface area (TPSA) is 0 Å². The summed E-state index contributed by atoms with van der Waals surface area (Å²) < 4.78 is 1.48. The van der Waals surface area contributed by atoms with Crippen LogP contribution in [0.2, 0.25) is 3.93 Å². The molecule has 0 aromatic rings. The van der Waals surface area contributed by atoms with Crippen LogP contribution < -0.4 is 0 Å². The molecule has 0 N–H and O–H groups in total. The molecule has 0 bridgehead atoms. The van der Waals surface area contributed by atoms with Crippen LogP contribution in [0.3, 0.4) is 0 Å². The predicted octanol–water partition coefficient (Wildman–Crippen LogP) is 1.92. The SMILES string of the molecule is C=CCC[CH2][Hg]. The average Bonchev–Trinajstić information content (AvgIpc) is 1.61. The van der Waals surface area contributed by atoms with E-state index in [1.165, 1.54) is 16.8 Å². The van der Waals surface area contributed by atoms with Crippen LogP contribution in [0.25, 0.3) is 0 Å². The van der Waals surface area contributed by atoms with E-state index in [9.17, 15) is 0 Å². The van der Waals surface area contributed by atoms with Gasteiger partial charge in [-0.3, -0.25) is 0 Å². The molecule has 0 fully saturated rings. The van der Waals surface area contributed by atoms with E-state index in [1.54, 1.807) is 0 Å². The van der Waals surface area contributed by atoms with E-state index in [2.05, 4.69) is 6.58 Å². The molecule has 0 rings (SSSR count). The second-order valence-electron chi connectivity index (χ2n) is 1.28. The van der Waals surface area contributed by atoms with Gasteiger partial charge in [-0.05, 0) is 0 Å². The van der Waals surface area contributed by atoms with Gasteiger partial charge in [-0.15, -0.1) is 0 Å². The summed E-state index contributed by atoms with van der Waals surface area (Å²) in [6.45, 7) is 3.62. The molecule has 0 nitrogen and oxygen atoms in total. The van der Waals surface area contributed by atoms with Crippen LogP contribution in [0.1, 0.15) is 12.8 Å². The Balaban J connectivity index is 2.49. The van der Waals surface area contributed by atoms with Crippen molar-refractivity contribution in [2.24, 2.45) is 0 Å². The number of rotatable bonds is 3. The zero-order chi connectivity index (χ0) is 4.83. The van der Waals surface area contributed by atoms with Gasteiger partial charge in [-0.1, -0.05) is 0 Å². The van der Waals surface area contributed by atoms with Gasteiger partial charge in [0, 0.05) is 0 Å². The standard InChI is InChI=1S/C5H9.Hg/c1-3-5-4-2;/h3H,1-2,4-5H2;. The second-order valence-corrected chi connectivity index (χ2v) is 4.03. The van der Waals surface area contributed by atoms with Crippen molar-refractivity contribution < 1.29 is 26.1 Å². The molecule has 31 valence electrons. The van der Waals surface area contributed by atoms with Crippen molar-refractivity contribution in [3.8, 4) is 0 Å². The van der Waals surface area contributed by atoms with Gasteiger partial charge >= 0.3 is 55.5 Å². The summed E-state index contributed by atoms with van der Waals surface area (Å²) in [6, 6.07) is 0. The maximum absolute atomic E-state index is 3.62. The first-order valence-corrected chi connectivity index (χ1v) is 6.20. The molecule has 0 unspecified atom stereocenters. The second kappa shape index (κ2) is 5.68. The van der Waals surface area contributed by atoms with Gasteiger partial charge in [0.2, 0.25) is 0 Å². The molecule has 0 amide bonds. The van der Waals surface area contributed by atoms with Crippen molar-refractivity contribution in [2.75, 3.05) is 0 Å². The van der Waals surface area contributed by atoms with Crippen LogP contribution in [0.5, 0.6) is 0 Å². The average molecular weight is 270 g/mol. The molecule has 0 aromatic carbocycles. The molecule has 0 spiro atoms. The molecular formula is C5H9Hg. The van der Waals surface area contributed by atoms with E-state index < -0.39 is 0 Å². The molecule has 0 aromatic heterocycles. The first kappa shape index (κ1) is 6.68. The Morgan fingerprint density at radius 1 is 1.67 bits per heavy atom. The molecule has 0 saturated heterocycles. The summed E-state index contributed by atoms with van der Waals surface area (Å²) in [4.78, 5) is 0. The minimum absolute atomic E-state index is 1.02. The summed E-state index contributed by atoms with van der Waals surface area (Å²) in [7, 11) is 0. The first-order chi connectivity index (χ1) is 2.91. The zero-order valence-electron chi connectivity index (χ0n) is 4.11. The van der Waals surface area contributed by atoms with Crippen LogP contribution >= 0.6 is 0 Å². The predicted molar refractivity (Wildman–Crippen MR) is 24.2 cm³/mol. The fourth-order valence-electron chi connectivity index (χ4n) is 0.289. The van der Waals surface area contributed by atoms with Gasteiger partial charge in [0.1, 0.15) is 0 Å². The van der Waals surface area contributed by atoms with Gasteiger partial charge in [0.25, 0.3) is 0 Å². The number of allylic oxidation sites excluding steroid dienone is 1. The molecule has 0 radical (unpaired) electrons. The Kier molecular flexibility index (Phi) is 6.31. The zero-order valence-corrected chi connectivity index (χ0v) is 9.61. The van der Waals surface area contributed by atoms with Crippen molar-refractivity contribution in [2.45, 2.75) is 16.8 Å². The molecule has 0 aliphatic carbocycles. The van der Waals surface area contributed by atoms with Crippen LogP contribution in [0.4, 0.5) is 0 Å². The van der Waals surface area contributed by atoms with E-state index in [-0.39, 0.29) is 0 Å². The number of hydrogen-bond acceptors (Lipinski definition) is 0. The molecule has 0 saturated carbocycles. The summed E-state index contributed by atoms with van der Waals surface area (Å²) in [5.74, 6) is 0. The van der Waals surface area contributed by atoms with Crippen LogP contribution in [0, 0.1) is 0 Å². The minimum atomic E-state index is 1.02. The Morgan fingerprint density at radius 3 is 2.50 bits per heavy atom. The van der Waals surface area contributed by atoms with E-state index >= 15 is 0 Å². The van der Waals surface area contributed by atoms with Crippen LogP contribution in [-0.4, -0.2) is 0 Å². The van der Waals surface area contributed by atoms with Gasteiger partial charge in [0.15, 0.2) is 0 Å². The molecule has 0 atom stereocenters. The Bertz CT molecular complexity index is 32.9. The van der Waals surface area contributed by atoms with Gasteiger partial charge in [0.05, 0.1) is 0 Å². The fourth-order valence-corrected chi connectivity index (χ4v) is 1.41. The van der Waals surface area contributed by atoms with Gasteiger partial charge < -0.3 is 0 Å². The van der Waals surface area contributed by atoms with Crippen molar-refractivity contribution in [3.63, 3.8) is 0 Å². The Labute approximate surface area is 55.6 Å². The van der Waals surface area contributed by atoms with Crippen molar-refractivity contribution in [1.29, 1.82) is 0 Å². The third kappa shape index (κ3) is 4.68.